The highest BCUT2D eigenvalue weighted by Crippen LogP contribution is 2.47. The minimum atomic E-state index is 0.310. The van der Waals surface area contributed by atoms with Gasteiger partial charge in [-0.1, -0.05) is 159 Å². The third-order valence-electron chi connectivity index (χ3n) is 11.8. The lowest BCUT2D eigenvalue weighted by atomic mass is 9.86. The molecule has 9 aromatic carbocycles. The van der Waals surface area contributed by atoms with Crippen LogP contribution in [0.5, 0.6) is 0 Å². The molecule has 1 atom stereocenters. The highest BCUT2D eigenvalue weighted by atomic mass is 15.1. The summed E-state index contributed by atoms with van der Waals surface area (Å²) in [6.45, 7) is 2.39. The van der Waals surface area contributed by atoms with E-state index in [1.54, 1.807) is 0 Å². The van der Waals surface area contributed by atoms with E-state index in [9.17, 15) is 0 Å². The Morgan fingerprint density at radius 1 is 0.455 bits per heavy atom. The molecular formula is C53H38N2. The second-order valence-corrected chi connectivity index (χ2v) is 14.9. The molecule has 55 heavy (non-hydrogen) atoms. The molecule has 2 heteroatoms. The molecule has 0 spiro atoms. The SMILES string of the molecule is CC1CC(c2cccc3ccccc23)=CC=C1n1c2ccccc2c2ccc(N(c3ccccc3)c3cccc4c5ccccc5c5ccccc5c34)cc21. The summed E-state index contributed by atoms with van der Waals surface area (Å²) < 4.78 is 2.53. The van der Waals surface area contributed by atoms with E-state index in [4.69, 9.17) is 0 Å². The van der Waals surface area contributed by atoms with Gasteiger partial charge < -0.3 is 9.47 Å². The van der Waals surface area contributed by atoms with Crippen LogP contribution in [-0.4, -0.2) is 4.57 Å². The summed E-state index contributed by atoms with van der Waals surface area (Å²) in [6, 6.07) is 66.8. The molecule has 0 saturated heterocycles. The fraction of sp³-hybridized carbons (Fsp3) is 0.0566. The van der Waals surface area contributed by atoms with Crippen molar-refractivity contribution in [2.24, 2.45) is 5.92 Å². The fourth-order valence-corrected chi connectivity index (χ4v) is 9.36. The van der Waals surface area contributed by atoms with E-state index >= 15 is 0 Å². The number of allylic oxidation sites excluding steroid dienone is 4. The number of hydrogen-bond acceptors (Lipinski definition) is 1. The van der Waals surface area contributed by atoms with Crippen molar-refractivity contribution in [2.45, 2.75) is 13.3 Å². The van der Waals surface area contributed by atoms with E-state index in [2.05, 4.69) is 211 Å². The predicted octanol–water partition coefficient (Wildman–Crippen LogP) is 14.8. The van der Waals surface area contributed by atoms with Gasteiger partial charge in [-0.3, -0.25) is 0 Å². The lowest BCUT2D eigenvalue weighted by Gasteiger charge is -2.28. The number of fused-ring (bicyclic) bond motifs is 10. The highest BCUT2D eigenvalue weighted by molar-refractivity contribution is 6.29. The van der Waals surface area contributed by atoms with Crippen LogP contribution in [0.2, 0.25) is 0 Å². The van der Waals surface area contributed by atoms with Gasteiger partial charge in [-0.25, -0.2) is 0 Å². The molecule has 1 unspecified atom stereocenters. The zero-order valence-electron chi connectivity index (χ0n) is 30.7. The number of hydrogen-bond donors (Lipinski definition) is 0. The van der Waals surface area contributed by atoms with Crippen LogP contribution in [0, 0.1) is 5.92 Å². The largest absolute Gasteiger partial charge is 0.313 e. The molecule has 0 saturated carbocycles. The molecule has 1 heterocycles. The summed E-state index contributed by atoms with van der Waals surface area (Å²) in [5.74, 6) is 0.310. The number of para-hydroxylation sites is 2. The van der Waals surface area contributed by atoms with Gasteiger partial charge in [-0.15, -0.1) is 0 Å². The number of benzene rings is 9. The van der Waals surface area contributed by atoms with Crippen molar-refractivity contribution in [3.63, 3.8) is 0 Å². The van der Waals surface area contributed by atoms with E-state index in [0.29, 0.717) is 5.92 Å². The third kappa shape index (κ3) is 4.95. The Kier molecular flexibility index (Phi) is 7.25. The van der Waals surface area contributed by atoms with E-state index in [-0.39, 0.29) is 0 Å². The average Bonchev–Trinajstić information content (AvgIpc) is 3.57. The summed E-state index contributed by atoms with van der Waals surface area (Å²) in [5, 5.41) is 12.8. The Balaban J connectivity index is 1.15. The molecule has 0 radical (unpaired) electrons. The molecule has 0 aliphatic heterocycles. The van der Waals surface area contributed by atoms with Crippen LogP contribution in [0.4, 0.5) is 17.1 Å². The first-order valence-electron chi connectivity index (χ1n) is 19.3. The van der Waals surface area contributed by atoms with Crippen LogP contribution in [-0.2, 0) is 0 Å². The Morgan fingerprint density at radius 2 is 1.04 bits per heavy atom. The van der Waals surface area contributed by atoms with Crippen LogP contribution in [0.15, 0.2) is 194 Å². The van der Waals surface area contributed by atoms with Gasteiger partial charge in [-0.05, 0) is 97.7 Å². The third-order valence-corrected chi connectivity index (χ3v) is 11.8. The average molecular weight is 703 g/mol. The van der Waals surface area contributed by atoms with Gasteiger partial charge in [0, 0.05) is 39.1 Å². The van der Waals surface area contributed by atoms with Gasteiger partial charge in [0.15, 0.2) is 0 Å². The minimum absolute atomic E-state index is 0.310. The summed E-state index contributed by atoms with van der Waals surface area (Å²) >= 11 is 0. The maximum absolute atomic E-state index is 2.53. The molecule has 260 valence electrons. The van der Waals surface area contributed by atoms with Crippen LogP contribution < -0.4 is 4.90 Å². The predicted molar refractivity (Wildman–Crippen MR) is 237 cm³/mol. The van der Waals surface area contributed by atoms with E-state index in [0.717, 1.165) is 17.8 Å². The second-order valence-electron chi connectivity index (χ2n) is 14.9. The summed E-state index contributed by atoms with van der Waals surface area (Å²) in [5.41, 5.74) is 9.92. The molecule has 1 aliphatic carbocycles. The van der Waals surface area contributed by atoms with Gasteiger partial charge in [0.1, 0.15) is 0 Å². The number of anilines is 3. The quantitative estimate of drug-likeness (QED) is 0.162. The lowest BCUT2D eigenvalue weighted by Crippen LogP contribution is -2.12. The first-order valence-corrected chi connectivity index (χ1v) is 19.3. The van der Waals surface area contributed by atoms with Crippen LogP contribution in [0.1, 0.15) is 18.9 Å². The van der Waals surface area contributed by atoms with Crippen molar-refractivity contribution >= 4 is 93.2 Å². The van der Waals surface area contributed by atoms with Crippen LogP contribution >= 0.6 is 0 Å². The summed E-state index contributed by atoms with van der Waals surface area (Å²) in [7, 11) is 0. The van der Waals surface area contributed by atoms with Crippen molar-refractivity contribution in [1.82, 2.24) is 4.57 Å². The molecule has 0 fully saturated rings. The molecule has 0 amide bonds. The monoisotopic (exact) mass is 702 g/mol. The Hall–Kier alpha value is -6.90. The number of nitrogens with zero attached hydrogens (tertiary/aromatic N) is 2. The first kappa shape index (κ1) is 31.6. The maximum atomic E-state index is 2.53. The molecule has 10 aromatic rings. The zero-order chi connectivity index (χ0) is 36.5. The summed E-state index contributed by atoms with van der Waals surface area (Å²) in [4.78, 5) is 2.46. The number of rotatable bonds is 5. The molecular weight excluding hydrogens is 665 g/mol. The Bertz CT molecular complexity index is 3150. The highest BCUT2D eigenvalue weighted by Gasteiger charge is 2.24. The molecule has 2 nitrogen and oxygen atoms in total. The normalized spacial score (nSPS) is 14.6. The van der Waals surface area contributed by atoms with E-state index in [1.807, 2.05) is 0 Å². The minimum Gasteiger partial charge on any atom is -0.313 e. The van der Waals surface area contributed by atoms with Crippen LogP contribution in [0.25, 0.3) is 76.2 Å². The van der Waals surface area contributed by atoms with Gasteiger partial charge in [0.2, 0.25) is 0 Å². The smallest absolute Gasteiger partial charge is 0.0558 e. The summed E-state index contributed by atoms with van der Waals surface area (Å²) in [6.07, 6.45) is 5.71. The molecule has 0 N–H and O–H groups in total. The van der Waals surface area contributed by atoms with Crippen molar-refractivity contribution in [3.8, 4) is 0 Å². The standard InChI is InChI=1S/C53H38N2/c1-35-33-37(41-25-13-16-36-15-5-6-19-40(36)41)29-32-49(35)55-50-27-12-11-23-45(50)46-31-30-39(34-52(46)55)54(38-17-3-2-4-18-38)51-28-14-26-48-44-21-8-7-20-42(44)43-22-9-10-24-47(43)53(48)51/h2-32,34-35H,33H2,1H3. The van der Waals surface area contributed by atoms with Crippen molar-refractivity contribution < 1.29 is 0 Å². The van der Waals surface area contributed by atoms with Crippen molar-refractivity contribution in [2.75, 3.05) is 4.90 Å². The molecule has 1 aromatic heterocycles. The number of aromatic nitrogens is 1. The fourth-order valence-electron chi connectivity index (χ4n) is 9.36. The zero-order valence-corrected chi connectivity index (χ0v) is 30.7. The van der Waals surface area contributed by atoms with Crippen molar-refractivity contribution in [3.05, 3.63) is 200 Å². The van der Waals surface area contributed by atoms with Gasteiger partial charge in [0.25, 0.3) is 0 Å². The van der Waals surface area contributed by atoms with E-state index in [1.165, 1.54) is 87.4 Å². The Labute approximate surface area is 320 Å². The molecule has 0 bridgehead atoms. The second kappa shape index (κ2) is 12.6. The van der Waals surface area contributed by atoms with Crippen LogP contribution in [0.3, 0.4) is 0 Å². The van der Waals surface area contributed by atoms with Gasteiger partial charge in [0.05, 0.1) is 16.7 Å². The molecule has 11 rings (SSSR count). The van der Waals surface area contributed by atoms with Gasteiger partial charge in [-0.2, -0.15) is 0 Å². The van der Waals surface area contributed by atoms with E-state index < -0.39 is 0 Å². The molecule has 1 aliphatic rings. The van der Waals surface area contributed by atoms with Gasteiger partial charge >= 0.3 is 0 Å². The first-order chi connectivity index (χ1) is 27.2. The topological polar surface area (TPSA) is 8.17 Å². The Morgan fingerprint density at radius 3 is 1.80 bits per heavy atom. The maximum Gasteiger partial charge on any atom is 0.0558 e. The van der Waals surface area contributed by atoms with Crippen molar-refractivity contribution in [1.29, 1.82) is 0 Å². The lowest BCUT2D eigenvalue weighted by molar-refractivity contribution is 0.736.